The maximum atomic E-state index is 10.5. The third-order valence-corrected chi connectivity index (χ3v) is 7.83. The summed E-state index contributed by atoms with van der Waals surface area (Å²) in [5, 5.41) is -0.363. The third kappa shape index (κ3) is 43.0. The van der Waals surface area contributed by atoms with Crippen molar-refractivity contribution in [1.29, 1.82) is 0 Å². The molecule has 0 aliphatic carbocycles. The molecule has 0 aliphatic rings. The molecule has 0 unspecified atom stereocenters. The van der Waals surface area contributed by atoms with Gasteiger partial charge in [0.1, 0.15) is 0 Å². The highest BCUT2D eigenvalue weighted by Gasteiger charge is 1.98. The number of unbranched alkanes of at least 4 members (excludes halogenated alkanes) is 26. The molecule has 0 saturated heterocycles. The average molecular weight is 578 g/mol. The van der Waals surface area contributed by atoms with Crippen molar-refractivity contribution < 1.29 is 9.59 Å². The molecule has 0 aromatic carbocycles. The molecule has 0 bridgehead atoms. The molecule has 0 aromatic heterocycles. The maximum absolute atomic E-state index is 10.5. The Morgan fingerprint density at radius 3 is 0.632 bits per heavy atom. The number of carbonyl (C=O) groups is 2. The van der Waals surface area contributed by atoms with Crippen molar-refractivity contribution in [3.8, 4) is 0 Å². The van der Waals surface area contributed by atoms with E-state index in [0.717, 1.165) is 25.7 Å². The van der Waals surface area contributed by atoms with Gasteiger partial charge in [0, 0.05) is 12.8 Å². The summed E-state index contributed by atoms with van der Waals surface area (Å²) in [6.07, 6.45) is 38.7. The Hall–Kier alpha value is -0.0800. The van der Waals surface area contributed by atoms with Crippen molar-refractivity contribution in [1.82, 2.24) is 0 Å². The first-order valence-corrected chi connectivity index (χ1v) is 17.7. The lowest BCUT2D eigenvalue weighted by Crippen LogP contribution is -1.86. The molecule has 0 amide bonds. The molecule has 2 nitrogen and oxygen atoms in total. The van der Waals surface area contributed by atoms with Gasteiger partial charge in [-0.2, -0.15) is 0 Å². The van der Waals surface area contributed by atoms with Crippen LogP contribution in [0.1, 0.15) is 206 Å². The average Bonchev–Trinajstić information content (AvgIpc) is 2.89. The molecule has 0 fully saturated rings. The summed E-state index contributed by atoms with van der Waals surface area (Å²) in [4.78, 5) is 21.1. The summed E-state index contributed by atoms with van der Waals surface area (Å²) in [6.45, 7) is 4.54. The van der Waals surface area contributed by atoms with Gasteiger partial charge in [0.25, 0.3) is 0 Å². The molecule has 0 aromatic rings. The van der Waals surface area contributed by atoms with Crippen LogP contribution in [-0.2, 0) is 9.59 Å². The molecular weight excluding hydrogens is 511 g/mol. The lowest BCUT2D eigenvalue weighted by molar-refractivity contribution is -0.112. The van der Waals surface area contributed by atoms with Crippen LogP contribution >= 0.6 is 23.2 Å². The lowest BCUT2D eigenvalue weighted by atomic mass is 10.0. The molecular formula is C34H66Cl2O2. The minimum absolute atomic E-state index is 0.181. The lowest BCUT2D eigenvalue weighted by Gasteiger charge is -2.03. The summed E-state index contributed by atoms with van der Waals surface area (Å²) >= 11 is 10.6. The summed E-state index contributed by atoms with van der Waals surface area (Å²) < 4.78 is 0. The Labute approximate surface area is 249 Å². The van der Waals surface area contributed by atoms with E-state index in [0.29, 0.717) is 12.8 Å². The molecule has 0 spiro atoms. The smallest absolute Gasteiger partial charge is 0.221 e. The Balaban J connectivity index is 0. The highest BCUT2D eigenvalue weighted by molar-refractivity contribution is 6.63. The predicted octanol–water partition coefficient (Wildman–Crippen LogP) is 13.2. The van der Waals surface area contributed by atoms with Gasteiger partial charge in [-0.25, -0.2) is 0 Å². The quantitative estimate of drug-likeness (QED) is 0.0628. The van der Waals surface area contributed by atoms with E-state index in [-0.39, 0.29) is 10.5 Å². The first kappa shape index (κ1) is 40.1. The number of hydrogen-bond donors (Lipinski definition) is 0. The Morgan fingerprint density at radius 2 is 0.474 bits per heavy atom. The first-order chi connectivity index (χ1) is 18.5. The highest BCUT2D eigenvalue weighted by Crippen LogP contribution is 2.15. The van der Waals surface area contributed by atoms with Gasteiger partial charge < -0.3 is 0 Å². The van der Waals surface area contributed by atoms with Crippen LogP contribution in [0.2, 0.25) is 0 Å². The van der Waals surface area contributed by atoms with Crippen LogP contribution in [0, 0.1) is 0 Å². The minimum Gasteiger partial charge on any atom is -0.281 e. The Bertz CT molecular complexity index is 467. The second-order valence-corrected chi connectivity index (χ2v) is 12.2. The van der Waals surface area contributed by atoms with E-state index in [1.165, 1.54) is 154 Å². The molecule has 0 N–H and O–H groups in total. The van der Waals surface area contributed by atoms with Crippen molar-refractivity contribution >= 4 is 33.7 Å². The second kappa shape index (κ2) is 36.9. The van der Waals surface area contributed by atoms with Gasteiger partial charge in [0.2, 0.25) is 10.5 Å². The van der Waals surface area contributed by atoms with Gasteiger partial charge in [-0.05, 0) is 36.0 Å². The summed E-state index contributed by atoms with van der Waals surface area (Å²) in [5.74, 6) is 0. The van der Waals surface area contributed by atoms with Crippen LogP contribution in [0.25, 0.3) is 0 Å². The summed E-state index contributed by atoms with van der Waals surface area (Å²) in [7, 11) is 0. The summed E-state index contributed by atoms with van der Waals surface area (Å²) in [5.41, 5.74) is 0. The highest BCUT2D eigenvalue weighted by atomic mass is 35.5. The molecule has 228 valence electrons. The van der Waals surface area contributed by atoms with Crippen LogP contribution in [0.5, 0.6) is 0 Å². The fraction of sp³-hybridized carbons (Fsp3) is 0.941. The predicted molar refractivity (Wildman–Crippen MR) is 172 cm³/mol. The number of carbonyl (C=O) groups excluding carboxylic acids is 2. The molecule has 0 rings (SSSR count). The van der Waals surface area contributed by atoms with Crippen molar-refractivity contribution in [3.05, 3.63) is 0 Å². The normalized spacial score (nSPS) is 10.8. The van der Waals surface area contributed by atoms with Crippen LogP contribution in [0.3, 0.4) is 0 Å². The zero-order valence-electron chi connectivity index (χ0n) is 25.8. The van der Waals surface area contributed by atoms with Gasteiger partial charge in [-0.15, -0.1) is 0 Å². The second-order valence-electron chi connectivity index (χ2n) is 11.4. The van der Waals surface area contributed by atoms with Gasteiger partial charge in [-0.1, -0.05) is 181 Å². The Kier molecular flexibility index (Phi) is 38.9. The summed E-state index contributed by atoms with van der Waals surface area (Å²) in [6, 6.07) is 0. The van der Waals surface area contributed by atoms with E-state index in [4.69, 9.17) is 23.2 Å². The number of halogens is 2. The third-order valence-electron chi connectivity index (χ3n) is 7.45. The molecule has 4 heteroatoms. The fourth-order valence-electron chi connectivity index (χ4n) is 4.92. The SMILES string of the molecule is CCCCCCCCCCCCCCCC(=O)Cl.CCCCCCCCCCCCCCCCCC(=O)Cl. The van der Waals surface area contributed by atoms with Crippen LogP contribution in [-0.4, -0.2) is 10.5 Å². The number of rotatable bonds is 30. The molecule has 0 saturated carbocycles. The first-order valence-electron chi connectivity index (χ1n) is 16.9. The van der Waals surface area contributed by atoms with E-state index < -0.39 is 0 Å². The maximum Gasteiger partial charge on any atom is 0.221 e. The van der Waals surface area contributed by atoms with E-state index in [9.17, 15) is 9.59 Å². The molecule has 38 heavy (non-hydrogen) atoms. The van der Waals surface area contributed by atoms with E-state index in [2.05, 4.69) is 13.8 Å². The zero-order valence-corrected chi connectivity index (χ0v) is 27.3. The van der Waals surface area contributed by atoms with E-state index in [1.54, 1.807) is 0 Å². The van der Waals surface area contributed by atoms with E-state index >= 15 is 0 Å². The van der Waals surface area contributed by atoms with Crippen LogP contribution in [0.4, 0.5) is 0 Å². The minimum atomic E-state index is -0.182. The topological polar surface area (TPSA) is 34.1 Å². The van der Waals surface area contributed by atoms with Crippen molar-refractivity contribution in [3.63, 3.8) is 0 Å². The van der Waals surface area contributed by atoms with Crippen LogP contribution in [0.15, 0.2) is 0 Å². The standard InChI is InChI=1S/C18H35ClO.C16H31ClO/c1-2-3-4-5-6-7-8-9-10-11-12-13-14-15-16-17-18(19)20;1-2-3-4-5-6-7-8-9-10-11-12-13-14-15-16(17)18/h2-17H2,1H3;2-15H2,1H3. The van der Waals surface area contributed by atoms with Gasteiger partial charge in [0.05, 0.1) is 0 Å². The van der Waals surface area contributed by atoms with Crippen LogP contribution < -0.4 is 0 Å². The van der Waals surface area contributed by atoms with Gasteiger partial charge >= 0.3 is 0 Å². The molecule has 0 radical (unpaired) electrons. The largest absolute Gasteiger partial charge is 0.281 e. The molecule has 0 heterocycles. The number of hydrogen-bond acceptors (Lipinski definition) is 2. The van der Waals surface area contributed by atoms with Gasteiger partial charge in [-0.3, -0.25) is 9.59 Å². The van der Waals surface area contributed by atoms with Crippen molar-refractivity contribution in [2.45, 2.75) is 206 Å². The fourth-order valence-corrected chi connectivity index (χ4v) is 5.18. The van der Waals surface area contributed by atoms with Crippen molar-refractivity contribution in [2.24, 2.45) is 0 Å². The van der Waals surface area contributed by atoms with E-state index in [1.807, 2.05) is 0 Å². The monoisotopic (exact) mass is 576 g/mol. The zero-order chi connectivity index (χ0) is 28.4. The van der Waals surface area contributed by atoms with Gasteiger partial charge in [0.15, 0.2) is 0 Å². The molecule has 0 aliphatic heterocycles. The van der Waals surface area contributed by atoms with Crippen molar-refractivity contribution in [2.75, 3.05) is 0 Å². The Morgan fingerprint density at radius 1 is 0.316 bits per heavy atom. The molecule has 0 atom stereocenters.